The van der Waals surface area contributed by atoms with E-state index in [1.807, 2.05) is 54.6 Å². The number of fused-ring (bicyclic) bond motifs is 1. The Balaban J connectivity index is 1.64. The minimum atomic E-state index is -0.399. The molecule has 1 fully saturated rings. The van der Waals surface area contributed by atoms with Crippen molar-refractivity contribution in [3.05, 3.63) is 65.7 Å². The molecule has 0 unspecified atom stereocenters. The summed E-state index contributed by atoms with van der Waals surface area (Å²) in [5.74, 6) is 0.493. The number of rotatable bonds is 7. The quantitative estimate of drug-likeness (QED) is 0.393. The van der Waals surface area contributed by atoms with Crippen molar-refractivity contribution < 1.29 is 9.59 Å². The lowest BCUT2D eigenvalue weighted by molar-refractivity contribution is -0.125. The van der Waals surface area contributed by atoms with Crippen LogP contribution >= 0.6 is 0 Å². The van der Waals surface area contributed by atoms with Gasteiger partial charge in [0.1, 0.15) is 0 Å². The van der Waals surface area contributed by atoms with Crippen LogP contribution in [0.15, 0.2) is 59.6 Å². The maximum atomic E-state index is 14.0. The number of amides is 3. The number of benzodiazepines with no additional fused rings is 1. The van der Waals surface area contributed by atoms with E-state index in [1.54, 1.807) is 7.05 Å². The second-order valence-corrected chi connectivity index (χ2v) is 10.5. The molecule has 1 aliphatic heterocycles. The largest absolute Gasteiger partial charge is 0.429 e. The van der Waals surface area contributed by atoms with Gasteiger partial charge in [0.05, 0.1) is 18.3 Å². The van der Waals surface area contributed by atoms with Crippen LogP contribution in [0.1, 0.15) is 76.3 Å². The Morgan fingerprint density at radius 3 is 2.41 bits per heavy atom. The molecule has 0 radical (unpaired) electrons. The molecule has 0 saturated heterocycles. The van der Waals surface area contributed by atoms with E-state index in [1.165, 1.54) is 12.8 Å². The van der Waals surface area contributed by atoms with Gasteiger partial charge in [-0.25, -0.2) is 9.59 Å². The first kappa shape index (κ1) is 24.3. The molecule has 1 saturated carbocycles. The van der Waals surface area contributed by atoms with Gasteiger partial charge in [0.25, 0.3) is 0 Å². The molecule has 0 spiro atoms. The van der Waals surface area contributed by atoms with E-state index in [-0.39, 0.29) is 24.0 Å². The minimum Gasteiger partial charge on any atom is -0.299 e. The summed E-state index contributed by atoms with van der Waals surface area (Å²) in [5, 5.41) is 3.41. The Morgan fingerprint density at radius 2 is 1.71 bits per heavy atom. The lowest BCUT2D eigenvalue weighted by Crippen LogP contribution is -2.64. The lowest BCUT2D eigenvalue weighted by atomic mass is 9.89. The van der Waals surface area contributed by atoms with Gasteiger partial charge in [-0.3, -0.25) is 10.3 Å². The molecule has 1 heterocycles. The summed E-state index contributed by atoms with van der Waals surface area (Å²) in [6.45, 7) is 4.49. The van der Waals surface area contributed by atoms with E-state index in [0.29, 0.717) is 11.6 Å². The highest BCUT2D eigenvalue weighted by Crippen LogP contribution is 2.37. The number of quaternary nitrogens is 1. The van der Waals surface area contributed by atoms with Gasteiger partial charge < -0.3 is 0 Å². The standard InChI is InChI=1S/C29H37N3O2/c1-22(2)13-9-10-18-29(19-11-12-20-29)31-28(34)32(3)25-17-8-7-16-24(25)27(30-21-26(32)33)23-14-5-4-6-15-23/h4-8,14-17,22H,9-13,18-21H2,1-3H3/p+1/t32-/m1/s1. The number of carbonyl (C=O) groups is 2. The first-order chi connectivity index (χ1) is 16.4. The summed E-state index contributed by atoms with van der Waals surface area (Å²) in [4.78, 5) is 32.2. The van der Waals surface area contributed by atoms with Gasteiger partial charge in [-0.05, 0) is 31.2 Å². The lowest BCUT2D eigenvalue weighted by Gasteiger charge is -2.35. The minimum absolute atomic E-state index is 0.0236. The molecule has 1 N–H and O–H groups in total. The van der Waals surface area contributed by atoms with Crippen LogP contribution in [0.3, 0.4) is 0 Å². The van der Waals surface area contributed by atoms with Gasteiger partial charge in [0.2, 0.25) is 0 Å². The molecule has 5 nitrogen and oxygen atoms in total. The third kappa shape index (κ3) is 4.85. The van der Waals surface area contributed by atoms with Gasteiger partial charge >= 0.3 is 11.9 Å². The molecule has 4 rings (SSSR count). The van der Waals surface area contributed by atoms with E-state index in [4.69, 9.17) is 4.99 Å². The number of para-hydroxylation sites is 1. The number of benzene rings is 2. The highest BCUT2D eigenvalue weighted by atomic mass is 16.2. The maximum Gasteiger partial charge on any atom is 0.429 e. The fourth-order valence-corrected chi connectivity index (χ4v) is 5.48. The fraction of sp³-hybridized carbons (Fsp3) is 0.483. The number of carbonyl (C=O) groups excluding carboxylic acids is 2. The van der Waals surface area contributed by atoms with Crippen molar-refractivity contribution in [1.82, 2.24) is 9.80 Å². The zero-order valence-electron chi connectivity index (χ0n) is 20.8. The number of urea groups is 1. The van der Waals surface area contributed by atoms with Crippen LogP contribution in [-0.2, 0) is 4.79 Å². The highest BCUT2D eigenvalue weighted by Gasteiger charge is 2.49. The van der Waals surface area contributed by atoms with Crippen molar-refractivity contribution in [2.24, 2.45) is 10.9 Å². The van der Waals surface area contributed by atoms with E-state index in [9.17, 15) is 9.59 Å². The Labute approximate surface area is 203 Å². The zero-order valence-corrected chi connectivity index (χ0v) is 20.8. The third-order valence-corrected chi connectivity index (χ3v) is 7.59. The van der Waals surface area contributed by atoms with E-state index in [0.717, 1.165) is 55.4 Å². The SMILES string of the molecule is CC(C)CCCCC1(NC(=O)[N@@+]2(C)C(=O)CN=C(c3ccccc3)c3ccccc32)CCCC1. The van der Waals surface area contributed by atoms with Gasteiger partial charge in [-0.2, -0.15) is 0 Å². The summed E-state index contributed by atoms with van der Waals surface area (Å²) >= 11 is 0. The van der Waals surface area contributed by atoms with E-state index in [2.05, 4.69) is 19.2 Å². The topological polar surface area (TPSA) is 58.5 Å². The fourth-order valence-electron chi connectivity index (χ4n) is 5.48. The molecule has 2 aliphatic rings. The molecule has 1 aliphatic carbocycles. The van der Waals surface area contributed by atoms with E-state index >= 15 is 0 Å². The summed E-state index contributed by atoms with van der Waals surface area (Å²) in [6, 6.07) is 17.4. The van der Waals surface area contributed by atoms with Crippen LogP contribution in [0.4, 0.5) is 10.5 Å². The second kappa shape index (κ2) is 10.2. The van der Waals surface area contributed by atoms with Crippen LogP contribution in [-0.4, -0.2) is 36.8 Å². The molecule has 5 heteroatoms. The van der Waals surface area contributed by atoms with Gasteiger partial charge in [0.15, 0.2) is 12.2 Å². The molecule has 34 heavy (non-hydrogen) atoms. The molecule has 1 atom stereocenters. The molecular weight excluding hydrogens is 422 g/mol. The van der Waals surface area contributed by atoms with Crippen LogP contribution in [0.25, 0.3) is 0 Å². The normalized spacial score (nSPS) is 21.6. The summed E-state index contributed by atoms with van der Waals surface area (Å²) in [7, 11) is 1.74. The van der Waals surface area contributed by atoms with Crippen molar-refractivity contribution in [3.8, 4) is 0 Å². The number of hydrogen-bond donors (Lipinski definition) is 1. The third-order valence-electron chi connectivity index (χ3n) is 7.59. The molecule has 3 amide bonds. The molecule has 2 aromatic carbocycles. The smallest absolute Gasteiger partial charge is 0.299 e. The number of nitrogens with one attached hydrogen (secondary N) is 1. The van der Waals surface area contributed by atoms with E-state index < -0.39 is 4.48 Å². The van der Waals surface area contributed by atoms with Gasteiger partial charge in [-0.15, -0.1) is 4.48 Å². The second-order valence-electron chi connectivity index (χ2n) is 10.5. The van der Waals surface area contributed by atoms with Gasteiger partial charge in [-0.1, -0.05) is 88.4 Å². The van der Waals surface area contributed by atoms with Crippen molar-refractivity contribution in [3.63, 3.8) is 0 Å². The summed E-state index contributed by atoms with van der Waals surface area (Å²) < 4.78 is -0.399. The predicted octanol–water partition coefficient (Wildman–Crippen LogP) is 6.24. The predicted molar refractivity (Wildman–Crippen MR) is 139 cm³/mol. The number of unbranched alkanes of at least 4 members (excludes halogenated alkanes) is 1. The van der Waals surface area contributed by atoms with Gasteiger partial charge in [0, 0.05) is 17.2 Å². The Kier molecular flexibility index (Phi) is 7.32. The van der Waals surface area contributed by atoms with Crippen molar-refractivity contribution in [2.45, 2.75) is 70.8 Å². The molecule has 180 valence electrons. The van der Waals surface area contributed by atoms with Crippen LogP contribution in [0.2, 0.25) is 0 Å². The molecular formula is C29H38N3O2+. The number of likely N-dealkylation sites (N-methyl/N-ethyl adjacent to an activating group) is 1. The Morgan fingerprint density at radius 1 is 1.03 bits per heavy atom. The zero-order chi connectivity index (χ0) is 24.2. The first-order valence-corrected chi connectivity index (χ1v) is 12.8. The summed E-state index contributed by atoms with van der Waals surface area (Å²) in [6.07, 6.45) is 8.70. The van der Waals surface area contributed by atoms with Crippen molar-refractivity contribution >= 4 is 23.3 Å². The Bertz CT molecular complexity index is 1050. The molecule has 2 aromatic rings. The average molecular weight is 461 g/mol. The van der Waals surface area contributed by atoms with Crippen LogP contribution in [0.5, 0.6) is 0 Å². The van der Waals surface area contributed by atoms with Crippen molar-refractivity contribution in [2.75, 3.05) is 13.6 Å². The molecule has 0 bridgehead atoms. The monoisotopic (exact) mass is 460 g/mol. The highest BCUT2D eigenvalue weighted by molar-refractivity contribution is 6.21. The molecule has 0 aromatic heterocycles. The maximum absolute atomic E-state index is 14.0. The number of nitrogens with zero attached hydrogens (tertiary/aromatic N) is 2. The Hall–Kier alpha value is -2.79. The number of hydrogen-bond acceptors (Lipinski definition) is 3. The average Bonchev–Trinajstić information content (AvgIpc) is 3.26. The van der Waals surface area contributed by atoms with Crippen LogP contribution in [0, 0.1) is 5.92 Å². The first-order valence-electron chi connectivity index (χ1n) is 12.8. The number of imide groups is 1. The van der Waals surface area contributed by atoms with Crippen LogP contribution < -0.4 is 9.80 Å². The number of aliphatic imine (C=N–C) groups is 1. The van der Waals surface area contributed by atoms with Crippen molar-refractivity contribution in [1.29, 1.82) is 0 Å². The summed E-state index contributed by atoms with van der Waals surface area (Å²) in [5.41, 5.74) is 3.05.